The zero-order valence-electron chi connectivity index (χ0n) is 14.5. The molecule has 0 atom stereocenters. The van der Waals surface area contributed by atoms with Crippen LogP contribution in [0, 0.1) is 0 Å². The quantitative estimate of drug-likeness (QED) is 0.581. The third kappa shape index (κ3) is 4.15. The van der Waals surface area contributed by atoms with E-state index in [4.69, 9.17) is 9.47 Å². The molecule has 0 N–H and O–H groups in total. The maximum Gasteiger partial charge on any atom is 0.363 e. The lowest BCUT2D eigenvalue weighted by Crippen LogP contribution is -2.05. The van der Waals surface area contributed by atoms with Gasteiger partial charge in [-0.15, -0.1) is 0 Å². The fraction of sp³-hybridized carbons (Fsp3) is 0.238. The Balaban J connectivity index is 1.78. The molecule has 0 bridgehead atoms. The van der Waals surface area contributed by atoms with Crippen molar-refractivity contribution in [2.45, 2.75) is 26.2 Å². The van der Waals surface area contributed by atoms with Crippen LogP contribution in [0.25, 0.3) is 6.08 Å². The van der Waals surface area contributed by atoms with Gasteiger partial charge < -0.3 is 9.47 Å². The van der Waals surface area contributed by atoms with Gasteiger partial charge >= 0.3 is 5.97 Å². The molecule has 0 unspecified atom stereocenters. The molecule has 4 heteroatoms. The number of benzene rings is 2. The Labute approximate surface area is 147 Å². The van der Waals surface area contributed by atoms with Crippen LogP contribution in [0.3, 0.4) is 0 Å². The topological polar surface area (TPSA) is 47.9 Å². The highest BCUT2D eigenvalue weighted by atomic mass is 16.6. The van der Waals surface area contributed by atoms with E-state index in [9.17, 15) is 4.79 Å². The van der Waals surface area contributed by atoms with Gasteiger partial charge in [-0.1, -0.05) is 37.6 Å². The Kier molecular flexibility index (Phi) is 5.29. The van der Waals surface area contributed by atoms with Gasteiger partial charge in [-0.25, -0.2) is 9.79 Å². The molecule has 0 radical (unpaired) electrons. The molecule has 1 heterocycles. The summed E-state index contributed by atoms with van der Waals surface area (Å²) in [6.45, 7) is 2.18. The summed E-state index contributed by atoms with van der Waals surface area (Å²) in [6.07, 6.45) is 5.12. The van der Waals surface area contributed by atoms with Crippen LogP contribution in [0.2, 0.25) is 0 Å². The Morgan fingerprint density at radius 3 is 2.44 bits per heavy atom. The van der Waals surface area contributed by atoms with E-state index in [1.807, 2.05) is 36.4 Å². The number of aryl methyl sites for hydroxylation is 1. The van der Waals surface area contributed by atoms with E-state index in [0.717, 1.165) is 23.3 Å². The van der Waals surface area contributed by atoms with Gasteiger partial charge in [0.25, 0.3) is 0 Å². The first-order chi connectivity index (χ1) is 12.2. The van der Waals surface area contributed by atoms with E-state index in [1.54, 1.807) is 13.2 Å². The predicted octanol–water partition coefficient (Wildman–Crippen LogP) is 4.38. The second-order valence-corrected chi connectivity index (χ2v) is 5.91. The molecular formula is C21H21NO3. The van der Waals surface area contributed by atoms with Gasteiger partial charge in [-0.05, 0) is 54.3 Å². The van der Waals surface area contributed by atoms with Crippen molar-refractivity contribution in [2.75, 3.05) is 7.11 Å². The number of esters is 1. The summed E-state index contributed by atoms with van der Waals surface area (Å²) >= 11 is 0. The molecule has 1 aliphatic heterocycles. The number of methoxy groups -OCH3 is 1. The third-order valence-corrected chi connectivity index (χ3v) is 4.06. The van der Waals surface area contributed by atoms with Crippen LogP contribution in [0.4, 0.5) is 0 Å². The maximum absolute atomic E-state index is 12.1. The molecule has 4 nitrogen and oxygen atoms in total. The highest BCUT2D eigenvalue weighted by Crippen LogP contribution is 2.21. The van der Waals surface area contributed by atoms with Crippen molar-refractivity contribution in [1.29, 1.82) is 0 Å². The van der Waals surface area contributed by atoms with Gasteiger partial charge in [-0.2, -0.15) is 0 Å². The smallest absolute Gasteiger partial charge is 0.363 e. The first kappa shape index (κ1) is 17.0. The van der Waals surface area contributed by atoms with Crippen molar-refractivity contribution in [2.24, 2.45) is 4.99 Å². The standard InChI is InChI=1S/C21H21NO3/c1-3-4-5-15-6-10-17(11-7-15)20-22-19(21(23)25-20)14-16-8-12-18(24-2)13-9-16/h6-14H,3-5H2,1-2H3. The number of hydrogen-bond donors (Lipinski definition) is 0. The fourth-order valence-electron chi connectivity index (χ4n) is 2.59. The average molecular weight is 335 g/mol. The normalized spacial score (nSPS) is 15.2. The number of nitrogens with zero attached hydrogens (tertiary/aromatic N) is 1. The van der Waals surface area contributed by atoms with Gasteiger partial charge in [0.1, 0.15) is 5.75 Å². The first-order valence-corrected chi connectivity index (χ1v) is 8.45. The van der Waals surface area contributed by atoms with Crippen molar-refractivity contribution >= 4 is 17.9 Å². The Hall–Kier alpha value is -2.88. The van der Waals surface area contributed by atoms with Gasteiger partial charge in [0.2, 0.25) is 5.90 Å². The molecule has 0 fully saturated rings. The van der Waals surface area contributed by atoms with Crippen molar-refractivity contribution < 1.29 is 14.3 Å². The molecule has 0 saturated heterocycles. The van der Waals surface area contributed by atoms with Crippen LogP contribution >= 0.6 is 0 Å². The summed E-state index contributed by atoms with van der Waals surface area (Å²) in [4.78, 5) is 16.4. The molecule has 3 rings (SSSR count). The Morgan fingerprint density at radius 2 is 1.80 bits per heavy atom. The van der Waals surface area contributed by atoms with Crippen molar-refractivity contribution in [3.05, 3.63) is 70.9 Å². The zero-order valence-corrected chi connectivity index (χ0v) is 14.5. The van der Waals surface area contributed by atoms with E-state index >= 15 is 0 Å². The number of rotatable bonds is 6. The third-order valence-electron chi connectivity index (χ3n) is 4.06. The van der Waals surface area contributed by atoms with Gasteiger partial charge in [0, 0.05) is 5.56 Å². The molecular weight excluding hydrogens is 314 g/mol. The summed E-state index contributed by atoms with van der Waals surface area (Å²) < 4.78 is 10.4. The Bertz CT molecular complexity index is 802. The van der Waals surface area contributed by atoms with Crippen LogP contribution in [-0.4, -0.2) is 19.0 Å². The van der Waals surface area contributed by atoms with Gasteiger partial charge in [0.05, 0.1) is 7.11 Å². The number of unbranched alkanes of at least 4 members (excludes halogenated alkanes) is 1. The second kappa shape index (κ2) is 7.79. The monoisotopic (exact) mass is 335 g/mol. The molecule has 2 aromatic rings. The largest absolute Gasteiger partial charge is 0.497 e. The summed E-state index contributed by atoms with van der Waals surface area (Å²) in [5.41, 5.74) is 3.26. The van der Waals surface area contributed by atoms with Crippen molar-refractivity contribution in [3.8, 4) is 5.75 Å². The molecule has 0 aromatic heterocycles. The molecule has 1 aliphatic rings. The van der Waals surface area contributed by atoms with Crippen molar-refractivity contribution in [3.63, 3.8) is 0 Å². The summed E-state index contributed by atoms with van der Waals surface area (Å²) in [5, 5.41) is 0. The molecule has 0 saturated carbocycles. The van der Waals surface area contributed by atoms with Crippen LogP contribution < -0.4 is 4.74 Å². The minimum atomic E-state index is -0.430. The lowest BCUT2D eigenvalue weighted by atomic mass is 10.1. The van der Waals surface area contributed by atoms with Gasteiger partial charge in [0.15, 0.2) is 5.70 Å². The lowest BCUT2D eigenvalue weighted by Gasteiger charge is -2.02. The van der Waals surface area contributed by atoms with Crippen molar-refractivity contribution in [1.82, 2.24) is 0 Å². The Morgan fingerprint density at radius 1 is 1.08 bits per heavy atom. The molecule has 25 heavy (non-hydrogen) atoms. The molecule has 0 aliphatic carbocycles. The minimum absolute atomic E-state index is 0.301. The molecule has 128 valence electrons. The second-order valence-electron chi connectivity index (χ2n) is 5.91. The molecule has 0 amide bonds. The number of aliphatic imine (C=N–C) groups is 1. The van der Waals surface area contributed by atoms with Gasteiger partial charge in [-0.3, -0.25) is 0 Å². The van der Waals surface area contributed by atoms with E-state index in [1.165, 1.54) is 18.4 Å². The SMILES string of the molecule is CCCCc1ccc(C2=NC(=Cc3ccc(OC)cc3)C(=O)O2)cc1. The van der Waals surface area contributed by atoms with E-state index in [-0.39, 0.29) is 0 Å². The summed E-state index contributed by atoms with van der Waals surface area (Å²) in [7, 11) is 1.62. The number of carbonyl (C=O) groups excluding carboxylic acids is 1. The number of hydrogen-bond acceptors (Lipinski definition) is 4. The predicted molar refractivity (Wildman–Crippen MR) is 98.7 cm³/mol. The lowest BCUT2D eigenvalue weighted by molar-refractivity contribution is -0.129. The average Bonchev–Trinajstić information content (AvgIpc) is 3.01. The van der Waals surface area contributed by atoms with E-state index < -0.39 is 5.97 Å². The van der Waals surface area contributed by atoms with Crippen LogP contribution in [-0.2, 0) is 16.0 Å². The van der Waals surface area contributed by atoms with Crippen LogP contribution in [0.5, 0.6) is 5.75 Å². The van der Waals surface area contributed by atoms with E-state index in [2.05, 4.69) is 24.0 Å². The number of carbonyl (C=O) groups is 1. The number of cyclic esters (lactones) is 1. The fourth-order valence-corrected chi connectivity index (χ4v) is 2.59. The van der Waals surface area contributed by atoms with Crippen LogP contribution in [0.1, 0.15) is 36.5 Å². The highest BCUT2D eigenvalue weighted by molar-refractivity contribution is 6.12. The molecule has 2 aromatic carbocycles. The number of ether oxygens (including phenoxy) is 2. The minimum Gasteiger partial charge on any atom is -0.497 e. The highest BCUT2D eigenvalue weighted by Gasteiger charge is 2.24. The maximum atomic E-state index is 12.1. The summed E-state index contributed by atoms with van der Waals surface area (Å²) in [6, 6.07) is 15.4. The zero-order chi connectivity index (χ0) is 17.6. The summed E-state index contributed by atoms with van der Waals surface area (Å²) in [5.74, 6) is 0.691. The molecule has 0 spiro atoms. The van der Waals surface area contributed by atoms with E-state index in [0.29, 0.717) is 11.6 Å². The van der Waals surface area contributed by atoms with Crippen LogP contribution in [0.15, 0.2) is 59.2 Å². The first-order valence-electron chi connectivity index (χ1n) is 8.45.